The summed E-state index contributed by atoms with van der Waals surface area (Å²) in [6.45, 7) is 5.61. The number of carboxylic acids is 1. The Morgan fingerprint density at radius 3 is 2.31 bits per heavy atom. The number of para-hydroxylation sites is 1. The molecule has 0 aromatic heterocycles. The third-order valence-corrected chi connectivity index (χ3v) is 7.59. The van der Waals surface area contributed by atoms with Crippen molar-refractivity contribution in [1.82, 2.24) is 9.80 Å². The molecule has 0 amide bonds. The van der Waals surface area contributed by atoms with Gasteiger partial charge in [0.2, 0.25) is 0 Å². The van der Waals surface area contributed by atoms with Crippen LogP contribution in [0.25, 0.3) is 11.1 Å². The molecule has 4 aromatic rings. The lowest BCUT2D eigenvalue weighted by Crippen LogP contribution is -2.46. The van der Waals surface area contributed by atoms with E-state index in [1.165, 1.54) is 11.1 Å². The molecule has 0 saturated carbocycles. The van der Waals surface area contributed by atoms with Crippen LogP contribution in [0.5, 0.6) is 17.2 Å². The molecule has 7 nitrogen and oxygen atoms in total. The smallest absolute Gasteiger partial charge is 0.339 e. The molecule has 5 rings (SSSR count). The van der Waals surface area contributed by atoms with Crippen molar-refractivity contribution in [2.45, 2.75) is 6.54 Å². The number of aromatic carboxylic acids is 1. The monoisotopic (exact) mass is 585 g/mol. The number of carboxylic acid groups (broad SMARTS) is 1. The van der Waals surface area contributed by atoms with Crippen molar-refractivity contribution in [2.75, 3.05) is 58.3 Å². The molecular weight excluding hydrogens is 550 g/mol. The number of carbonyl (C=O) groups is 1. The third kappa shape index (κ3) is 7.62. The standard InChI is InChI=1S/C34H36ClN3O4/c1-36(2)20-21-41-30-13-15-31(25-8-10-27(35)11-9-25)26(22-30)24-37-16-18-38(19-17-37)28-12-14-32(34(39)40)33(23-28)42-29-6-4-3-5-7-29/h3-15,22-23H,16-21,24H2,1-2H3,(H,39,40). The maximum Gasteiger partial charge on any atom is 0.339 e. The normalized spacial score (nSPS) is 13.8. The van der Waals surface area contributed by atoms with Gasteiger partial charge in [-0.3, -0.25) is 4.90 Å². The summed E-state index contributed by atoms with van der Waals surface area (Å²) in [7, 11) is 4.07. The van der Waals surface area contributed by atoms with Crippen molar-refractivity contribution in [3.05, 3.63) is 107 Å². The highest BCUT2D eigenvalue weighted by Crippen LogP contribution is 2.32. The highest BCUT2D eigenvalue weighted by molar-refractivity contribution is 6.30. The molecular formula is C34H36ClN3O4. The van der Waals surface area contributed by atoms with E-state index in [4.69, 9.17) is 21.1 Å². The van der Waals surface area contributed by atoms with Gasteiger partial charge in [0.25, 0.3) is 0 Å². The van der Waals surface area contributed by atoms with Crippen LogP contribution in [0, 0.1) is 0 Å². The van der Waals surface area contributed by atoms with Crippen molar-refractivity contribution in [2.24, 2.45) is 0 Å². The van der Waals surface area contributed by atoms with E-state index in [0.717, 1.165) is 56.3 Å². The Labute approximate surface area is 252 Å². The number of halogens is 1. The van der Waals surface area contributed by atoms with E-state index in [-0.39, 0.29) is 5.56 Å². The molecule has 1 aliphatic rings. The molecule has 0 atom stereocenters. The van der Waals surface area contributed by atoms with Gasteiger partial charge in [0.05, 0.1) is 0 Å². The van der Waals surface area contributed by atoms with E-state index >= 15 is 0 Å². The third-order valence-electron chi connectivity index (χ3n) is 7.34. The molecule has 1 aliphatic heterocycles. The number of likely N-dealkylation sites (N-methyl/N-ethyl adjacent to an activating group) is 1. The molecule has 42 heavy (non-hydrogen) atoms. The van der Waals surface area contributed by atoms with Gasteiger partial charge >= 0.3 is 5.97 Å². The van der Waals surface area contributed by atoms with E-state index < -0.39 is 5.97 Å². The maximum atomic E-state index is 11.9. The second-order valence-electron chi connectivity index (χ2n) is 10.6. The van der Waals surface area contributed by atoms with E-state index in [9.17, 15) is 9.90 Å². The lowest BCUT2D eigenvalue weighted by Gasteiger charge is -2.36. The average Bonchev–Trinajstić information content (AvgIpc) is 2.98. The molecule has 1 N–H and O–H groups in total. The van der Waals surface area contributed by atoms with Gasteiger partial charge in [-0.2, -0.15) is 0 Å². The van der Waals surface area contributed by atoms with Gasteiger partial charge in [0.15, 0.2) is 0 Å². The molecule has 8 heteroatoms. The lowest BCUT2D eigenvalue weighted by atomic mass is 9.98. The van der Waals surface area contributed by atoms with Crippen molar-refractivity contribution >= 4 is 23.3 Å². The molecule has 0 aliphatic carbocycles. The van der Waals surface area contributed by atoms with Gasteiger partial charge in [-0.15, -0.1) is 0 Å². The second-order valence-corrected chi connectivity index (χ2v) is 11.1. The largest absolute Gasteiger partial charge is 0.492 e. The molecule has 1 heterocycles. The fourth-order valence-corrected chi connectivity index (χ4v) is 5.16. The Morgan fingerprint density at radius 1 is 0.881 bits per heavy atom. The zero-order valence-corrected chi connectivity index (χ0v) is 24.8. The molecule has 0 spiro atoms. The molecule has 0 radical (unpaired) electrons. The number of benzene rings is 4. The first-order valence-corrected chi connectivity index (χ1v) is 14.5. The topological polar surface area (TPSA) is 65.5 Å². The Balaban J connectivity index is 1.30. The van der Waals surface area contributed by atoms with Crippen LogP contribution < -0.4 is 14.4 Å². The number of nitrogens with zero attached hydrogens (tertiary/aromatic N) is 3. The van der Waals surface area contributed by atoms with Crippen molar-refractivity contribution in [3.8, 4) is 28.4 Å². The van der Waals surface area contributed by atoms with Gasteiger partial charge in [-0.25, -0.2) is 4.79 Å². The minimum Gasteiger partial charge on any atom is -0.492 e. The Kier molecular flexibility index (Phi) is 9.64. The molecule has 1 saturated heterocycles. The summed E-state index contributed by atoms with van der Waals surface area (Å²) in [4.78, 5) is 18.7. The summed E-state index contributed by atoms with van der Waals surface area (Å²) >= 11 is 6.17. The van der Waals surface area contributed by atoms with Crippen molar-refractivity contribution in [3.63, 3.8) is 0 Å². The van der Waals surface area contributed by atoms with Gasteiger partial charge in [0.1, 0.15) is 29.4 Å². The van der Waals surface area contributed by atoms with Crippen LogP contribution in [0.1, 0.15) is 15.9 Å². The highest BCUT2D eigenvalue weighted by Gasteiger charge is 2.21. The molecule has 218 valence electrons. The summed E-state index contributed by atoms with van der Waals surface area (Å²) in [5.41, 5.74) is 4.59. The number of rotatable bonds is 11. The zero-order chi connectivity index (χ0) is 29.5. The van der Waals surface area contributed by atoms with E-state index in [1.807, 2.05) is 74.8 Å². The minimum absolute atomic E-state index is 0.142. The van der Waals surface area contributed by atoms with E-state index in [1.54, 1.807) is 6.07 Å². The van der Waals surface area contributed by atoms with E-state index in [0.29, 0.717) is 23.1 Å². The second kappa shape index (κ2) is 13.7. The highest BCUT2D eigenvalue weighted by atomic mass is 35.5. The number of hydrogen-bond donors (Lipinski definition) is 1. The predicted molar refractivity (Wildman–Crippen MR) is 168 cm³/mol. The Hall–Kier alpha value is -4.04. The molecule has 1 fully saturated rings. The van der Waals surface area contributed by atoms with Gasteiger partial charge < -0.3 is 24.4 Å². The number of hydrogen-bond acceptors (Lipinski definition) is 6. The first kappa shape index (κ1) is 29.5. The average molecular weight is 586 g/mol. The fraction of sp³-hybridized carbons (Fsp3) is 0.265. The predicted octanol–water partition coefficient (Wildman–Crippen LogP) is 6.76. The van der Waals surface area contributed by atoms with Gasteiger partial charge in [0, 0.05) is 56.0 Å². The first-order chi connectivity index (χ1) is 20.4. The molecule has 4 aromatic carbocycles. The summed E-state index contributed by atoms with van der Waals surface area (Å²) in [6.07, 6.45) is 0. The number of anilines is 1. The molecule has 0 unspecified atom stereocenters. The fourth-order valence-electron chi connectivity index (χ4n) is 5.04. The SMILES string of the molecule is CN(C)CCOc1ccc(-c2ccc(Cl)cc2)c(CN2CCN(c3ccc(C(=O)O)c(Oc4ccccc4)c3)CC2)c1. The lowest BCUT2D eigenvalue weighted by molar-refractivity contribution is 0.0694. The van der Waals surface area contributed by atoms with Crippen LogP contribution in [0.2, 0.25) is 5.02 Å². The molecule has 0 bridgehead atoms. The van der Waals surface area contributed by atoms with E-state index in [2.05, 4.69) is 39.0 Å². The van der Waals surface area contributed by atoms with Crippen LogP contribution in [-0.2, 0) is 6.54 Å². The van der Waals surface area contributed by atoms with Crippen LogP contribution in [0.15, 0.2) is 91.0 Å². The number of ether oxygens (including phenoxy) is 2. The summed E-state index contributed by atoms with van der Waals surface area (Å²) in [6, 6.07) is 28.9. The summed E-state index contributed by atoms with van der Waals surface area (Å²) in [5, 5.41) is 10.4. The van der Waals surface area contributed by atoms with Crippen LogP contribution >= 0.6 is 11.6 Å². The Bertz CT molecular complexity index is 1490. The maximum absolute atomic E-state index is 11.9. The quantitative estimate of drug-likeness (QED) is 0.209. The van der Waals surface area contributed by atoms with Gasteiger partial charge in [-0.1, -0.05) is 48.0 Å². The van der Waals surface area contributed by atoms with Crippen molar-refractivity contribution in [1.29, 1.82) is 0 Å². The minimum atomic E-state index is -1.01. The summed E-state index contributed by atoms with van der Waals surface area (Å²) in [5.74, 6) is 0.799. The number of piperazine rings is 1. The summed E-state index contributed by atoms with van der Waals surface area (Å²) < 4.78 is 12.0. The zero-order valence-electron chi connectivity index (χ0n) is 24.0. The van der Waals surface area contributed by atoms with Crippen molar-refractivity contribution < 1.29 is 19.4 Å². The Morgan fingerprint density at radius 2 is 1.62 bits per heavy atom. The first-order valence-electron chi connectivity index (χ1n) is 14.1. The van der Waals surface area contributed by atoms with Crippen LogP contribution in [-0.4, -0.2) is 74.3 Å². The van der Waals surface area contributed by atoms with Crippen LogP contribution in [0.3, 0.4) is 0 Å². The van der Waals surface area contributed by atoms with Crippen LogP contribution in [0.4, 0.5) is 5.69 Å². The van der Waals surface area contributed by atoms with Gasteiger partial charge in [-0.05, 0) is 79.3 Å².